The van der Waals surface area contributed by atoms with Gasteiger partial charge in [0.1, 0.15) is 0 Å². The van der Waals surface area contributed by atoms with Gasteiger partial charge in [-0.25, -0.2) is 9.97 Å². The van der Waals surface area contributed by atoms with Gasteiger partial charge in [-0.3, -0.25) is 9.78 Å². The summed E-state index contributed by atoms with van der Waals surface area (Å²) in [6, 6.07) is 7.60. The van der Waals surface area contributed by atoms with Crippen LogP contribution >= 0.6 is 11.8 Å². The Morgan fingerprint density at radius 2 is 2.23 bits per heavy atom. The molecule has 1 aliphatic rings. The molecule has 116 valence electrons. The number of aromatic nitrogens is 3. The summed E-state index contributed by atoms with van der Waals surface area (Å²) in [7, 11) is 0. The predicted octanol–water partition coefficient (Wildman–Crippen LogP) is 2.05. The van der Waals surface area contributed by atoms with E-state index in [1.165, 1.54) is 6.07 Å². The summed E-state index contributed by atoms with van der Waals surface area (Å²) in [5, 5.41) is 4.21. The Morgan fingerprint density at radius 1 is 1.36 bits per heavy atom. The number of ether oxygens (including phenoxy) is 1. The summed E-state index contributed by atoms with van der Waals surface area (Å²) in [5.41, 5.74) is 0.607. The molecule has 2 aromatic heterocycles. The lowest BCUT2D eigenvalue weighted by Crippen LogP contribution is -2.29. The Bertz CT molecular complexity index is 656. The number of pyridine rings is 1. The van der Waals surface area contributed by atoms with Gasteiger partial charge in [-0.2, -0.15) is 0 Å². The Hall–Kier alpha value is -1.86. The van der Waals surface area contributed by atoms with Crippen LogP contribution in [0.1, 0.15) is 18.5 Å². The fourth-order valence-corrected chi connectivity index (χ4v) is 3.02. The summed E-state index contributed by atoms with van der Waals surface area (Å²) >= 11 is 1.56. The Morgan fingerprint density at radius 3 is 3.00 bits per heavy atom. The number of H-pyrrole nitrogens is 1. The molecule has 2 N–H and O–H groups in total. The van der Waals surface area contributed by atoms with Gasteiger partial charge in [0.25, 0.3) is 5.56 Å². The van der Waals surface area contributed by atoms with Crippen molar-refractivity contribution in [1.82, 2.24) is 15.0 Å². The quantitative estimate of drug-likeness (QED) is 0.821. The van der Waals surface area contributed by atoms with Gasteiger partial charge in [0.2, 0.25) is 5.95 Å². The number of aromatic amines is 1. The molecular weight excluding hydrogens is 300 g/mol. The summed E-state index contributed by atoms with van der Waals surface area (Å²) in [6.45, 7) is 1.49. The molecule has 0 aromatic carbocycles. The molecule has 0 aliphatic carbocycles. The molecular formula is C15H18N4O2S. The van der Waals surface area contributed by atoms with Gasteiger partial charge in [0, 0.05) is 37.3 Å². The van der Waals surface area contributed by atoms with Crippen molar-refractivity contribution in [3.8, 4) is 0 Å². The highest BCUT2D eigenvalue weighted by atomic mass is 32.2. The zero-order valence-electron chi connectivity index (χ0n) is 12.1. The summed E-state index contributed by atoms with van der Waals surface area (Å²) in [4.78, 5) is 23.3. The predicted molar refractivity (Wildman–Crippen MR) is 86.1 cm³/mol. The minimum absolute atomic E-state index is 0.138. The average molecular weight is 318 g/mol. The molecule has 0 bridgehead atoms. The molecule has 1 fully saturated rings. The number of rotatable bonds is 5. The number of hydrogen-bond acceptors (Lipinski definition) is 6. The van der Waals surface area contributed by atoms with E-state index in [9.17, 15) is 4.79 Å². The van der Waals surface area contributed by atoms with Crippen LogP contribution in [-0.4, -0.2) is 34.2 Å². The topological polar surface area (TPSA) is 79.9 Å². The van der Waals surface area contributed by atoms with E-state index >= 15 is 0 Å². The van der Waals surface area contributed by atoms with Crippen molar-refractivity contribution in [3.05, 3.63) is 46.5 Å². The first-order chi connectivity index (χ1) is 10.8. The summed E-state index contributed by atoms with van der Waals surface area (Å²) in [5.74, 6) is 1.15. The van der Waals surface area contributed by atoms with E-state index in [2.05, 4.69) is 20.3 Å². The van der Waals surface area contributed by atoms with Crippen LogP contribution in [0.4, 0.5) is 5.95 Å². The van der Waals surface area contributed by atoms with Crippen LogP contribution < -0.4 is 10.9 Å². The van der Waals surface area contributed by atoms with E-state index in [-0.39, 0.29) is 5.56 Å². The van der Waals surface area contributed by atoms with E-state index < -0.39 is 0 Å². The van der Waals surface area contributed by atoms with Crippen LogP contribution in [0.15, 0.2) is 40.3 Å². The van der Waals surface area contributed by atoms with Crippen molar-refractivity contribution in [2.75, 3.05) is 18.5 Å². The van der Waals surface area contributed by atoms with Gasteiger partial charge < -0.3 is 10.1 Å². The first-order valence-corrected chi connectivity index (χ1v) is 8.26. The molecule has 0 radical (unpaired) electrons. The maximum atomic E-state index is 11.8. The fourth-order valence-electron chi connectivity index (χ4n) is 2.27. The lowest BCUT2D eigenvalue weighted by Gasteiger charge is -2.23. The van der Waals surface area contributed by atoms with Crippen molar-refractivity contribution in [1.29, 1.82) is 0 Å². The van der Waals surface area contributed by atoms with Gasteiger partial charge in [0.15, 0.2) is 0 Å². The van der Waals surface area contributed by atoms with Crippen LogP contribution in [0.2, 0.25) is 0 Å². The zero-order chi connectivity index (χ0) is 15.2. The lowest BCUT2D eigenvalue weighted by molar-refractivity contribution is 0.0903. The molecule has 22 heavy (non-hydrogen) atoms. The highest BCUT2D eigenvalue weighted by Gasteiger charge is 2.14. The third-order valence-corrected chi connectivity index (χ3v) is 4.34. The van der Waals surface area contributed by atoms with E-state index in [4.69, 9.17) is 4.74 Å². The Balaban J connectivity index is 1.65. The van der Waals surface area contributed by atoms with Gasteiger partial charge in [0.05, 0.1) is 10.7 Å². The number of nitrogens with one attached hydrogen (secondary N) is 2. The van der Waals surface area contributed by atoms with Crippen molar-refractivity contribution in [3.63, 3.8) is 0 Å². The number of thioether (sulfide) groups is 1. The summed E-state index contributed by atoms with van der Waals surface area (Å²) in [6.07, 6.45) is 3.61. The van der Waals surface area contributed by atoms with E-state index in [1.807, 2.05) is 18.2 Å². The molecule has 7 heteroatoms. The standard InChI is InChI=1S/C15H18N4O2S/c20-13-9-12(10-22-14-3-1-2-6-16-14)18-15(19-13)17-11-4-7-21-8-5-11/h1-3,6,9,11H,4-5,7-8,10H2,(H2,17,18,19,20). The van der Waals surface area contributed by atoms with Crippen molar-refractivity contribution < 1.29 is 4.74 Å². The third kappa shape index (κ3) is 4.32. The van der Waals surface area contributed by atoms with Crippen LogP contribution in [0.25, 0.3) is 0 Å². The molecule has 0 spiro atoms. The van der Waals surface area contributed by atoms with Crippen LogP contribution in [-0.2, 0) is 10.5 Å². The highest BCUT2D eigenvalue weighted by molar-refractivity contribution is 7.98. The second-order valence-electron chi connectivity index (χ2n) is 5.07. The third-order valence-electron chi connectivity index (χ3n) is 3.36. The highest BCUT2D eigenvalue weighted by Crippen LogP contribution is 2.19. The van der Waals surface area contributed by atoms with Crippen LogP contribution in [0, 0.1) is 0 Å². The smallest absolute Gasteiger partial charge is 0.252 e. The van der Waals surface area contributed by atoms with Gasteiger partial charge in [-0.15, -0.1) is 11.8 Å². The van der Waals surface area contributed by atoms with E-state index in [1.54, 1.807) is 18.0 Å². The Labute approximate surface area is 132 Å². The molecule has 0 saturated carbocycles. The minimum Gasteiger partial charge on any atom is -0.381 e. The molecule has 0 unspecified atom stereocenters. The average Bonchev–Trinajstić information content (AvgIpc) is 2.54. The molecule has 0 amide bonds. The fraction of sp³-hybridized carbons (Fsp3) is 0.400. The zero-order valence-corrected chi connectivity index (χ0v) is 12.9. The Kier molecular flexibility index (Phi) is 5.07. The van der Waals surface area contributed by atoms with E-state index in [0.717, 1.165) is 36.8 Å². The molecule has 2 aromatic rings. The molecule has 3 heterocycles. The second kappa shape index (κ2) is 7.42. The second-order valence-corrected chi connectivity index (χ2v) is 6.07. The lowest BCUT2D eigenvalue weighted by atomic mass is 10.1. The SMILES string of the molecule is O=c1cc(CSc2ccccn2)nc(NC2CCOCC2)[nH]1. The molecule has 1 saturated heterocycles. The van der Waals surface area contributed by atoms with Gasteiger partial charge >= 0.3 is 0 Å². The monoisotopic (exact) mass is 318 g/mol. The molecule has 1 aliphatic heterocycles. The first-order valence-electron chi connectivity index (χ1n) is 7.28. The molecule has 0 atom stereocenters. The maximum Gasteiger partial charge on any atom is 0.252 e. The largest absolute Gasteiger partial charge is 0.381 e. The number of hydrogen-bond donors (Lipinski definition) is 2. The normalized spacial score (nSPS) is 15.6. The van der Waals surface area contributed by atoms with Crippen LogP contribution in [0.5, 0.6) is 0 Å². The minimum atomic E-state index is -0.138. The van der Waals surface area contributed by atoms with Crippen LogP contribution in [0.3, 0.4) is 0 Å². The number of anilines is 1. The van der Waals surface area contributed by atoms with Gasteiger partial charge in [-0.1, -0.05) is 6.07 Å². The molecule has 6 nitrogen and oxygen atoms in total. The first kappa shape index (κ1) is 15.1. The van der Waals surface area contributed by atoms with Crippen molar-refractivity contribution in [2.24, 2.45) is 0 Å². The van der Waals surface area contributed by atoms with Gasteiger partial charge in [-0.05, 0) is 25.0 Å². The summed E-state index contributed by atoms with van der Waals surface area (Å²) < 4.78 is 5.33. The van der Waals surface area contributed by atoms with Crippen molar-refractivity contribution in [2.45, 2.75) is 29.7 Å². The number of nitrogens with zero attached hydrogens (tertiary/aromatic N) is 2. The van der Waals surface area contributed by atoms with E-state index in [0.29, 0.717) is 17.7 Å². The van der Waals surface area contributed by atoms with Crippen molar-refractivity contribution >= 4 is 17.7 Å². The molecule has 3 rings (SSSR count). The maximum absolute atomic E-state index is 11.8.